The standard InChI is InChI=1S/C41H53NO7Si2/c1-40(2,3)50(7,8)48-29-16-18-33-34(25-29)46-23-21-32-31-17-15-30(49-51(9,10)41(4,5)6)26-35(31)47-39(38(32)33)27-11-13-28(14-12-27)45-24-22-42-36(43)19-20-37(42)44/h11-18,25-26,39H,19-24H2,1-10H3/t39-/m0/s1. The summed E-state index contributed by atoms with van der Waals surface area (Å²) in [6, 6.07) is 20.4. The van der Waals surface area contributed by atoms with E-state index < -0.39 is 22.7 Å². The van der Waals surface area contributed by atoms with Crippen LogP contribution in [0.15, 0.2) is 60.7 Å². The summed E-state index contributed by atoms with van der Waals surface area (Å²) in [5.74, 6) is 3.60. The summed E-state index contributed by atoms with van der Waals surface area (Å²) in [5, 5.41) is 0.120. The maximum Gasteiger partial charge on any atom is 0.250 e. The Morgan fingerprint density at radius 1 is 0.706 bits per heavy atom. The molecular weight excluding hydrogens is 675 g/mol. The zero-order chi connectivity index (χ0) is 36.9. The van der Waals surface area contributed by atoms with Crippen molar-refractivity contribution >= 4 is 39.6 Å². The highest BCUT2D eigenvalue weighted by molar-refractivity contribution is 6.75. The van der Waals surface area contributed by atoms with Crippen molar-refractivity contribution in [3.63, 3.8) is 0 Å². The van der Waals surface area contributed by atoms with Crippen LogP contribution in [-0.2, 0) is 9.59 Å². The molecule has 0 spiro atoms. The van der Waals surface area contributed by atoms with Gasteiger partial charge in [-0.2, -0.15) is 0 Å². The summed E-state index contributed by atoms with van der Waals surface area (Å²) in [4.78, 5) is 25.3. The molecule has 2 amide bonds. The van der Waals surface area contributed by atoms with E-state index in [2.05, 4.69) is 92.0 Å². The molecule has 3 heterocycles. The monoisotopic (exact) mass is 727 g/mol. The van der Waals surface area contributed by atoms with Gasteiger partial charge < -0.3 is 23.1 Å². The van der Waals surface area contributed by atoms with Gasteiger partial charge in [0.2, 0.25) is 28.4 Å². The van der Waals surface area contributed by atoms with Crippen molar-refractivity contribution in [2.24, 2.45) is 0 Å². The van der Waals surface area contributed by atoms with Gasteiger partial charge in [0.25, 0.3) is 0 Å². The van der Waals surface area contributed by atoms with Crippen molar-refractivity contribution in [1.82, 2.24) is 4.90 Å². The molecule has 272 valence electrons. The smallest absolute Gasteiger partial charge is 0.250 e. The fourth-order valence-electron chi connectivity index (χ4n) is 6.14. The average Bonchev–Trinajstić information content (AvgIpc) is 3.24. The van der Waals surface area contributed by atoms with E-state index in [1.165, 1.54) is 10.5 Å². The Balaban J connectivity index is 1.36. The zero-order valence-corrected chi connectivity index (χ0v) is 33.9. The van der Waals surface area contributed by atoms with Crippen LogP contribution in [0, 0.1) is 0 Å². The Morgan fingerprint density at radius 3 is 1.80 bits per heavy atom. The third-order valence-corrected chi connectivity index (χ3v) is 20.0. The van der Waals surface area contributed by atoms with Crippen LogP contribution in [0.1, 0.15) is 83.6 Å². The number of nitrogens with zero attached hydrogens (tertiary/aromatic N) is 1. The Hall–Kier alpha value is -4.03. The van der Waals surface area contributed by atoms with Crippen LogP contribution < -0.4 is 23.1 Å². The lowest BCUT2D eigenvalue weighted by Gasteiger charge is -2.37. The lowest BCUT2D eigenvalue weighted by molar-refractivity contribution is -0.138. The number of carbonyl (C=O) groups is 2. The first kappa shape index (κ1) is 36.8. The first-order valence-electron chi connectivity index (χ1n) is 18.1. The van der Waals surface area contributed by atoms with Crippen molar-refractivity contribution in [1.29, 1.82) is 0 Å². The number of carbonyl (C=O) groups excluding carboxylic acids is 2. The molecule has 6 rings (SSSR count). The van der Waals surface area contributed by atoms with E-state index in [0.717, 1.165) is 45.3 Å². The van der Waals surface area contributed by atoms with Crippen LogP contribution >= 0.6 is 0 Å². The van der Waals surface area contributed by atoms with E-state index in [-0.39, 0.29) is 47.9 Å². The summed E-state index contributed by atoms with van der Waals surface area (Å²) >= 11 is 0. The minimum Gasteiger partial charge on any atom is -0.543 e. The van der Waals surface area contributed by atoms with Gasteiger partial charge in [-0.3, -0.25) is 14.5 Å². The van der Waals surface area contributed by atoms with Crippen LogP contribution in [0.2, 0.25) is 36.3 Å². The summed E-state index contributed by atoms with van der Waals surface area (Å²) in [6.07, 6.45) is 0.849. The molecule has 3 aromatic carbocycles. The number of amides is 2. The molecule has 10 heteroatoms. The first-order chi connectivity index (χ1) is 23.8. The summed E-state index contributed by atoms with van der Waals surface area (Å²) in [7, 11) is -4.15. The van der Waals surface area contributed by atoms with Crippen molar-refractivity contribution in [2.75, 3.05) is 19.8 Å². The third kappa shape index (κ3) is 7.49. The molecule has 0 aliphatic carbocycles. The number of hydrogen-bond donors (Lipinski definition) is 0. The van der Waals surface area contributed by atoms with Gasteiger partial charge in [-0.25, -0.2) is 0 Å². The number of imide groups is 1. The van der Waals surface area contributed by atoms with Crippen molar-refractivity contribution in [3.05, 3.63) is 77.4 Å². The van der Waals surface area contributed by atoms with Gasteiger partial charge in [-0.1, -0.05) is 53.7 Å². The normalized spacial score (nSPS) is 17.9. The van der Waals surface area contributed by atoms with Gasteiger partial charge in [-0.05, 0) is 83.8 Å². The molecule has 3 aliphatic rings. The fraction of sp³-hybridized carbons (Fsp3) is 0.463. The molecule has 1 atom stereocenters. The fourth-order valence-corrected chi connectivity index (χ4v) is 8.19. The molecule has 3 aromatic rings. The van der Waals surface area contributed by atoms with E-state index in [1.54, 1.807) is 0 Å². The maximum absolute atomic E-state index is 12.0. The van der Waals surface area contributed by atoms with Gasteiger partial charge in [-0.15, -0.1) is 0 Å². The highest BCUT2D eigenvalue weighted by Gasteiger charge is 2.41. The lowest BCUT2D eigenvalue weighted by Crippen LogP contribution is -2.43. The van der Waals surface area contributed by atoms with Gasteiger partial charge >= 0.3 is 0 Å². The van der Waals surface area contributed by atoms with Crippen LogP contribution in [0.25, 0.3) is 11.1 Å². The number of hydrogen-bond acceptors (Lipinski definition) is 7. The summed E-state index contributed by atoms with van der Waals surface area (Å²) in [5.41, 5.74) is 5.27. The Labute approximate surface area is 305 Å². The summed E-state index contributed by atoms with van der Waals surface area (Å²) < 4.78 is 32.8. The molecule has 0 bridgehead atoms. The Morgan fingerprint density at radius 2 is 1.24 bits per heavy atom. The molecule has 0 saturated carbocycles. The molecular formula is C41H53NO7Si2. The van der Waals surface area contributed by atoms with E-state index in [0.29, 0.717) is 18.8 Å². The lowest BCUT2D eigenvalue weighted by atomic mass is 9.84. The molecule has 51 heavy (non-hydrogen) atoms. The van der Waals surface area contributed by atoms with Gasteiger partial charge in [0.1, 0.15) is 41.5 Å². The SMILES string of the molecule is CC(C)(C)[Si](C)(C)Oc1ccc2c(c1)O[C@@H](c1ccc(OCCN3C(=O)CCC3=O)cc1)C1=C2CCOc2cc(O[Si](C)(C)C(C)(C)C)ccc21. The van der Waals surface area contributed by atoms with Crippen LogP contribution in [-0.4, -0.2) is 53.1 Å². The van der Waals surface area contributed by atoms with Crippen molar-refractivity contribution < 1.29 is 32.7 Å². The molecule has 3 aliphatic heterocycles. The number of benzene rings is 3. The van der Waals surface area contributed by atoms with Gasteiger partial charge in [0, 0.05) is 48.1 Å². The molecule has 0 N–H and O–H groups in total. The van der Waals surface area contributed by atoms with E-state index in [1.807, 2.05) is 36.4 Å². The maximum atomic E-state index is 12.0. The Kier molecular flexibility index (Phi) is 9.73. The first-order valence-corrected chi connectivity index (χ1v) is 23.9. The molecule has 1 fully saturated rings. The van der Waals surface area contributed by atoms with E-state index in [9.17, 15) is 9.59 Å². The largest absolute Gasteiger partial charge is 0.543 e. The van der Waals surface area contributed by atoms with Crippen molar-refractivity contribution in [2.45, 2.75) is 103 Å². The third-order valence-electron chi connectivity index (χ3n) is 11.2. The molecule has 0 radical (unpaired) electrons. The van der Waals surface area contributed by atoms with Crippen LogP contribution in [0.4, 0.5) is 0 Å². The van der Waals surface area contributed by atoms with Gasteiger partial charge in [0.15, 0.2) is 0 Å². The highest BCUT2D eigenvalue weighted by Crippen LogP contribution is 2.53. The second kappa shape index (κ2) is 13.5. The Bertz CT molecular complexity index is 1830. The zero-order valence-electron chi connectivity index (χ0n) is 31.9. The minimum atomic E-state index is -2.08. The average molecular weight is 728 g/mol. The number of likely N-dealkylation sites (tertiary alicyclic amines) is 1. The molecule has 0 aromatic heterocycles. The highest BCUT2D eigenvalue weighted by atomic mass is 28.4. The van der Waals surface area contributed by atoms with Crippen LogP contribution in [0.5, 0.6) is 28.7 Å². The second-order valence-corrected chi connectivity index (χ2v) is 26.3. The molecule has 8 nitrogen and oxygen atoms in total. The number of ether oxygens (including phenoxy) is 3. The van der Waals surface area contributed by atoms with E-state index >= 15 is 0 Å². The minimum absolute atomic E-state index is 0.0564. The second-order valence-electron chi connectivity index (χ2n) is 16.9. The predicted octanol–water partition coefficient (Wildman–Crippen LogP) is 9.81. The topological polar surface area (TPSA) is 83.5 Å². The molecule has 0 unspecified atom stereocenters. The van der Waals surface area contributed by atoms with Gasteiger partial charge in [0.05, 0.1) is 13.2 Å². The molecule has 1 saturated heterocycles. The van der Waals surface area contributed by atoms with E-state index in [4.69, 9.17) is 23.1 Å². The predicted molar refractivity (Wildman–Crippen MR) is 207 cm³/mol. The number of fused-ring (bicyclic) bond motifs is 4. The summed E-state index contributed by atoms with van der Waals surface area (Å²) in [6.45, 7) is 23.5. The van der Waals surface area contributed by atoms with Crippen molar-refractivity contribution in [3.8, 4) is 28.7 Å². The van der Waals surface area contributed by atoms with Crippen LogP contribution in [0.3, 0.4) is 0 Å². The number of rotatable bonds is 9. The quantitative estimate of drug-likeness (QED) is 0.160.